The molecule has 1 saturated heterocycles. The highest BCUT2D eigenvalue weighted by molar-refractivity contribution is 5.66. The number of nitrogens with two attached hydrogens (primary N) is 1. The van der Waals surface area contributed by atoms with Gasteiger partial charge in [-0.1, -0.05) is 6.92 Å². The molecule has 15 heavy (non-hydrogen) atoms. The quantitative estimate of drug-likeness (QED) is 0.747. The lowest BCUT2D eigenvalue weighted by Crippen LogP contribution is -2.44. The molecule has 1 fully saturated rings. The fourth-order valence-electron chi connectivity index (χ4n) is 2.28. The molecule has 1 aromatic rings. The fraction of sp³-hybridized carbons (Fsp3) is 0.636. The summed E-state index contributed by atoms with van der Waals surface area (Å²) < 4.78 is 2.22. The summed E-state index contributed by atoms with van der Waals surface area (Å²) in [5.41, 5.74) is 8.29. The van der Waals surface area contributed by atoms with Gasteiger partial charge in [0.1, 0.15) is 5.82 Å². The number of piperazine rings is 1. The lowest BCUT2D eigenvalue weighted by atomic mass is 10.3. The monoisotopic (exact) mass is 208 g/mol. The van der Waals surface area contributed by atoms with Crippen LogP contribution in [0.4, 0.5) is 11.5 Å². The predicted octanol–water partition coefficient (Wildman–Crippen LogP) is 0.579. The van der Waals surface area contributed by atoms with Crippen molar-refractivity contribution in [3.63, 3.8) is 0 Å². The first kappa shape index (κ1) is 10.4. The number of hydrogen-bond acceptors (Lipinski definition) is 3. The van der Waals surface area contributed by atoms with E-state index in [1.807, 2.05) is 0 Å². The van der Waals surface area contributed by atoms with Crippen molar-refractivity contribution >= 4 is 11.5 Å². The van der Waals surface area contributed by atoms with Gasteiger partial charge in [-0.3, -0.25) is 0 Å². The van der Waals surface area contributed by atoms with Gasteiger partial charge in [-0.25, -0.2) is 0 Å². The van der Waals surface area contributed by atoms with Crippen LogP contribution < -0.4 is 16.0 Å². The summed E-state index contributed by atoms with van der Waals surface area (Å²) in [7, 11) is 2.10. The van der Waals surface area contributed by atoms with Crippen molar-refractivity contribution in [3.8, 4) is 0 Å². The molecule has 1 aliphatic rings. The topological polar surface area (TPSA) is 46.2 Å². The second-order valence-corrected chi connectivity index (χ2v) is 4.06. The molecule has 0 saturated carbocycles. The minimum absolute atomic E-state index is 0.913. The normalized spacial score (nSPS) is 17.1. The van der Waals surface area contributed by atoms with Crippen molar-refractivity contribution in [3.05, 3.63) is 11.8 Å². The van der Waals surface area contributed by atoms with Crippen molar-refractivity contribution < 1.29 is 0 Å². The summed E-state index contributed by atoms with van der Waals surface area (Å²) in [5, 5.41) is 3.35. The molecule has 4 nitrogen and oxygen atoms in total. The SMILES string of the molecule is CCc1cc(N)c(N2CCNCC2)n1C. The van der Waals surface area contributed by atoms with E-state index in [9.17, 15) is 0 Å². The van der Waals surface area contributed by atoms with E-state index < -0.39 is 0 Å². The summed E-state index contributed by atoms with van der Waals surface area (Å²) >= 11 is 0. The van der Waals surface area contributed by atoms with Crippen LogP contribution in [0.2, 0.25) is 0 Å². The highest BCUT2D eigenvalue weighted by Crippen LogP contribution is 2.27. The maximum absolute atomic E-state index is 6.07. The van der Waals surface area contributed by atoms with Crippen LogP contribution in [0, 0.1) is 0 Å². The van der Waals surface area contributed by atoms with Crippen molar-refractivity contribution in [2.45, 2.75) is 13.3 Å². The zero-order chi connectivity index (χ0) is 10.8. The maximum Gasteiger partial charge on any atom is 0.132 e. The van der Waals surface area contributed by atoms with Gasteiger partial charge < -0.3 is 20.5 Å². The van der Waals surface area contributed by atoms with Crippen LogP contribution >= 0.6 is 0 Å². The molecule has 4 heteroatoms. The van der Waals surface area contributed by atoms with Crippen LogP contribution in [-0.4, -0.2) is 30.7 Å². The molecule has 0 atom stereocenters. The zero-order valence-electron chi connectivity index (χ0n) is 9.58. The number of anilines is 2. The number of rotatable bonds is 2. The number of hydrogen-bond donors (Lipinski definition) is 2. The summed E-state index contributed by atoms with van der Waals surface area (Å²) in [6, 6.07) is 2.09. The zero-order valence-corrected chi connectivity index (χ0v) is 9.58. The van der Waals surface area contributed by atoms with Gasteiger partial charge in [0.2, 0.25) is 0 Å². The van der Waals surface area contributed by atoms with Gasteiger partial charge in [0.25, 0.3) is 0 Å². The fourth-order valence-corrected chi connectivity index (χ4v) is 2.28. The Bertz CT molecular complexity index is 337. The van der Waals surface area contributed by atoms with Crippen molar-refractivity contribution in [2.24, 2.45) is 7.05 Å². The van der Waals surface area contributed by atoms with E-state index in [1.165, 1.54) is 11.5 Å². The van der Waals surface area contributed by atoms with E-state index in [4.69, 9.17) is 5.73 Å². The third-order valence-electron chi connectivity index (χ3n) is 3.11. The summed E-state index contributed by atoms with van der Waals surface area (Å²) in [4.78, 5) is 2.37. The third-order valence-corrected chi connectivity index (χ3v) is 3.11. The summed E-state index contributed by atoms with van der Waals surface area (Å²) in [6.45, 7) is 6.35. The first-order valence-electron chi connectivity index (χ1n) is 5.63. The predicted molar refractivity (Wildman–Crippen MR) is 64.3 cm³/mol. The number of aryl methyl sites for hydroxylation is 1. The Kier molecular flexibility index (Phi) is 2.86. The Morgan fingerprint density at radius 2 is 2.07 bits per heavy atom. The lowest BCUT2D eigenvalue weighted by molar-refractivity contribution is 0.578. The number of aromatic nitrogens is 1. The average molecular weight is 208 g/mol. The van der Waals surface area contributed by atoms with Gasteiger partial charge in [0.15, 0.2) is 0 Å². The molecule has 0 aliphatic carbocycles. The lowest BCUT2D eigenvalue weighted by Gasteiger charge is -2.30. The number of nitrogen functional groups attached to an aromatic ring is 1. The molecule has 0 unspecified atom stereocenters. The Morgan fingerprint density at radius 1 is 1.40 bits per heavy atom. The molecule has 3 N–H and O–H groups in total. The van der Waals surface area contributed by atoms with Crippen LogP contribution in [0.25, 0.3) is 0 Å². The van der Waals surface area contributed by atoms with E-state index in [0.29, 0.717) is 0 Å². The minimum Gasteiger partial charge on any atom is -0.396 e. The Hall–Kier alpha value is -1.16. The largest absolute Gasteiger partial charge is 0.396 e. The van der Waals surface area contributed by atoms with Gasteiger partial charge in [0.05, 0.1) is 5.69 Å². The van der Waals surface area contributed by atoms with E-state index in [2.05, 4.69) is 34.8 Å². The van der Waals surface area contributed by atoms with E-state index in [1.54, 1.807) is 0 Å². The van der Waals surface area contributed by atoms with E-state index in [0.717, 1.165) is 38.3 Å². The molecular formula is C11H20N4. The minimum atomic E-state index is 0.913. The van der Waals surface area contributed by atoms with Gasteiger partial charge in [-0.2, -0.15) is 0 Å². The highest BCUT2D eigenvalue weighted by atomic mass is 15.3. The van der Waals surface area contributed by atoms with Gasteiger partial charge in [0, 0.05) is 38.9 Å². The summed E-state index contributed by atoms with van der Waals surface area (Å²) in [6.07, 6.45) is 1.03. The molecular weight excluding hydrogens is 188 g/mol. The van der Waals surface area contributed by atoms with Crippen LogP contribution in [0.5, 0.6) is 0 Å². The molecule has 0 spiro atoms. The highest BCUT2D eigenvalue weighted by Gasteiger charge is 2.17. The van der Waals surface area contributed by atoms with Gasteiger partial charge in [-0.05, 0) is 12.5 Å². The standard InChI is InChI=1S/C11H20N4/c1-3-9-8-10(12)11(14(9)2)15-6-4-13-5-7-15/h8,13H,3-7,12H2,1-2H3. The Morgan fingerprint density at radius 3 is 2.60 bits per heavy atom. The number of nitrogens with zero attached hydrogens (tertiary/aromatic N) is 2. The summed E-state index contributed by atoms with van der Waals surface area (Å²) in [5.74, 6) is 1.19. The third kappa shape index (κ3) is 1.81. The molecule has 2 heterocycles. The molecule has 84 valence electrons. The smallest absolute Gasteiger partial charge is 0.132 e. The first-order chi connectivity index (χ1) is 7.24. The maximum atomic E-state index is 6.07. The second kappa shape index (κ2) is 4.14. The molecule has 2 rings (SSSR count). The van der Waals surface area contributed by atoms with Crippen LogP contribution in [0.3, 0.4) is 0 Å². The molecule has 0 amide bonds. The van der Waals surface area contributed by atoms with E-state index >= 15 is 0 Å². The Labute approximate surface area is 91.0 Å². The van der Waals surface area contributed by atoms with Gasteiger partial charge >= 0.3 is 0 Å². The second-order valence-electron chi connectivity index (χ2n) is 4.06. The molecule has 0 aromatic carbocycles. The van der Waals surface area contributed by atoms with Crippen LogP contribution in [0.1, 0.15) is 12.6 Å². The van der Waals surface area contributed by atoms with E-state index in [-0.39, 0.29) is 0 Å². The van der Waals surface area contributed by atoms with Crippen molar-refractivity contribution in [2.75, 3.05) is 36.8 Å². The molecule has 0 bridgehead atoms. The average Bonchev–Trinajstić information content (AvgIpc) is 2.55. The van der Waals surface area contributed by atoms with Crippen molar-refractivity contribution in [1.82, 2.24) is 9.88 Å². The van der Waals surface area contributed by atoms with Gasteiger partial charge in [-0.15, -0.1) is 0 Å². The van der Waals surface area contributed by atoms with Crippen LogP contribution in [0.15, 0.2) is 6.07 Å². The first-order valence-corrected chi connectivity index (χ1v) is 5.63. The van der Waals surface area contributed by atoms with Crippen LogP contribution in [-0.2, 0) is 13.5 Å². The molecule has 0 radical (unpaired) electrons. The number of nitrogens with one attached hydrogen (secondary N) is 1. The Balaban J connectivity index is 2.29. The molecule has 1 aliphatic heterocycles. The molecule has 1 aromatic heterocycles. The van der Waals surface area contributed by atoms with Crippen molar-refractivity contribution in [1.29, 1.82) is 0 Å².